The number of H-pyrrole nitrogens is 1. The zero-order valence-corrected chi connectivity index (χ0v) is 32.7. The van der Waals surface area contributed by atoms with Crippen molar-refractivity contribution in [1.29, 1.82) is 0 Å². The van der Waals surface area contributed by atoms with Gasteiger partial charge in [-0.1, -0.05) is 50.5 Å². The molecule has 1 unspecified atom stereocenters. The summed E-state index contributed by atoms with van der Waals surface area (Å²) < 4.78 is 15.2. The van der Waals surface area contributed by atoms with Crippen molar-refractivity contribution in [3.05, 3.63) is 63.9 Å². The van der Waals surface area contributed by atoms with Gasteiger partial charge in [0.25, 0.3) is 11.5 Å². The molecule has 4 heterocycles. The number of carbonyl (C=O) groups excluding carboxylic acids is 3. The number of likely N-dealkylation sites (tertiary alicyclic amines) is 1. The zero-order valence-electron chi connectivity index (χ0n) is 32.7. The highest BCUT2D eigenvalue weighted by molar-refractivity contribution is 5.98. The van der Waals surface area contributed by atoms with Crippen LogP contribution in [0, 0.1) is 17.3 Å². The van der Waals surface area contributed by atoms with E-state index in [1.165, 1.54) is 25.3 Å². The quantitative estimate of drug-likeness (QED) is 0.379. The number of allylic oxidation sites excluding steroid dienone is 2. The van der Waals surface area contributed by atoms with Gasteiger partial charge in [0.15, 0.2) is 0 Å². The summed E-state index contributed by atoms with van der Waals surface area (Å²) in [4.78, 5) is 63.0. The van der Waals surface area contributed by atoms with Gasteiger partial charge in [-0.3, -0.25) is 29.0 Å². The molecule has 3 saturated heterocycles. The Bertz CT molecular complexity index is 1820. The minimum Gasteiger partial charge on any atom is -0.339 e. The summed E-state index contributed by atoms with van der Waals surface area (Å²) in [6, 6.07) is 7.24. The number of nitrogens with zero attached hydrogens (tertiary/aromatic N) is 6. The van der Waals surface area contributed by atoms with E-state index in [0.29, 0.717) is 68.5 Å². The van der Waals surface area contributed by atoms with Crippen LogP contribution < -0.4 is 10.9 Å². The number of fused-ring (bicyclic) bond motifs is 1. The number of aromatic nitrogens is 2. The molecule has 3 amide bonds. The number of amides is 3. The summed E-state index contributed by atoms with van der Waals surface area (Å²) in [6.07, 6.45) is 12.2. The fourth-order valence-electron chi connectivity index (χ4n) is 9.57. The van der Waals surface area contributed by atoms with E-state index in [2.05, 4.69) is 30.2 Å². The van der Waals surface area contributed by atoms with E-state index in [4.69, 9.17) is 0 Å². The van der Waals surface area contributed by atoms with Crippen LogP contribution in [0.4, 0.5) is 4.39 Å². The molecule has 1 aromatic heterocycles. The molecule has 298 valence electrons. The molecule has 13 heteroatoms. The van der Waals surface area contributed by atoms with Crippen molar-refractivity contribution in [1.82, 2.24) is 40.0 Å². The van der Waals surface area contributed by atoms with Crippen LogP contribution in [0.2, 0.25) is 0 Å². The first-order valence-electron chi connectivity index (χ1n) is 20.6. The van der Waals surface area contributed by atoms with Crippen LogP contribution in [-0.2, 0) is 20.8 Å². The normalized spacial score (nSPS) is 24.5. The van der Waals surface area contributed by atoms with Gasteiger partial charge in [-0.15, -0.1) is 0 Å². The second-order valence-electron chi connectivity index (χ2n) is 16.9. The third kappa shape index (κ3) is 9.21. The van der Waals surface area contributed by atoms with Gasteiger partial charge in [-0.05, 0) is 81.6 Å². The molecule has 55 heavy (non-hydrogen) atoms. The second kappa shape index (κ2) is 17.5. The standard InChI is InChI=1S/C42H59FN8O4/c1-42(27-36-32-10-6-7-11-33(32)39(53)46-45-36)15-12-35(43)34(26-42)40(54)50-24-22-49(23-25-50)37(52)29-47-16-13-30(14-17-47)28-48-18-20-51(21-19-48)41(55)38(44-2)31-8-4-3-5-9-31/h6-7,10-12,26,30-31,38,44H,3-5,8-9,13-25,27-29H2,1-2H3,(H,46,53)/t38-,42?/m1/s1. The van der Waals surface area contributed by atoms with Crippen LogP contribution in [-0.4, -0.2) is 144 Å². The first kappa shape index (κ1) is 39.3. The minimum absolute atomic E-state index is 0.0509. The van der Waals surface area contributed by atoms with Crippen molar-refractivity contribution in [3.8, 4) is 0 Å². The average molecular weight is 759 g/mol. The lowest BCUT2D eigenvalue weighted by Gasteiger charge is -2.41. The summed E-state index contributed by atoms with van der Waals surface area (Å²) in [5, 5.41) is 11.5. The summed E-state index contributed by atoms with van der Waals surface area (Å²) in [6.45, 7) is 10.2. The predicted octanol–water partition coefficient (Wildman–Crippen LogP) is 3.35. The molecule has 1 aromatic carbocycles. The average Bonchev–Trinajstić information content (AvgIpc) is 3.21. The van der Waals surface area contributed by atoms with Gasteiger partial charge < -0.3 is 20.0 Å². The van der Waals surface area contributed by atoms with Crippen molar-refractivity contribution < 1.29 is 18.8 Å². The van der Waals surface area contributed by atoms with Crippen LogP contribution in [0.25, 0.3) is 10.8 Å². The summed E-state index contributed by atoms with van der Waals surface area (Å²) in [5.41, 5.74) is -0.0768. The molecule has 7 rings (SSSR count). The lowest BCUT2D eigenvalue weighted by atomic mass is 9.76. The number of likely N-dealkylation sites (N-methyl/N-ethyl adjacent to an activating group) is 1. The molecule has 2 N–H and O–H groups in total. The topological polar surface area (TPSA) is 125 Å². The monoisotopic (exact) mass is 758 g/mol. The number of hydrogen-bond donors (Lipinski definition) is 2. The molecule has 2 aliphatic carbocycles. The molecular formula is C42H59FN8O4. The molecule has 3 aliphatic heterocycles. The fraction of sp³-hybridized carbons (Fsp3) is 0.643. The van der Waals surface area contributed by atoms with E-state index < -0.39 is 11.2 Å². The molecule has 0 spiro atoms. The second-order valence-corrected chi connectivity index (χ2v) is 16.9. The lowest BCUT2D eigenvalue weighted by molar-refractivity contribution is -0.138. The van der Waals surface area contributed by atoms with Crippen LogP contribution >= 0.6 is 0 Å². The largest absolute Gasteiger partial charge is 0.339 e. The third-order valence-electron chi connectivity index (χ3n) is 13.0. The minimum atomic E-state index is -0.570. The van der Waals surface area contributed by atoms with Gasteiger partial charge in [0.05, 0.1) is 29.2 Å². The van der Waals surface area contributed by atoms with E-state index in [0.717, 1.165) is 76.9 Å². The van der Waals surface area contributed by atoms with E-state index in [9.17, 15) is 19.2 Å². The first-order chi connectivity index (χ1) is 26.6. The fourth-order valence-corrected chi connectivity index (χ4v) is 9.57. The van der Waals surface area contributed by atoms with E-state index >= 15 is 4.39 Å². The Morgan fingerprint density at radius 2 is 1.53 bits per heavy atom. The Balaban J connectivity index is 0.834. The van der Waals surface area contributed by atoms with Gasteiger partial charge >= 0.3 is 0 Å². The maximum absolute atomic E-state index is 15.2. The van der Waals surface area contributed by atoms with Gasteiger partial charge in [-0.2, -0.15) is 5.10 Å². The van der Waals surface area contributed by atoms with E-state index in [1.807, 2.05) is 37.1 Å². The van der Waals surface area contributed by atoms with Gasteiger partial charge in [-0.25, -0.2) is 9.49 Å². The van der Waals surface area contributed by atoms with E-state index in [1.54, 1.807) is 17.0 Å². The number of halogens is 1. The van der Waals surface area contributed by atoms with Gasteiger partial charge in [0.1, 0.15) is 5.83 Å². The van der Waals surface area contributed by atoms with Crippen molar-refractivity contribution in [2.24, 2.45) is 17.3 Å². The maximum atomic E-state index is 15.2. The summed E-state index contributed by atoms with van der Waals surface area (Å²) >= 11 is 0. The maximum Gasteiger partial charge on any atom is 0.272 e. The van der Waals surface area contributed by atoms with Crippen molar-refractivity contribution in [2.45, 2.75) is 70.8 Å². The Morgan fingerprint density at radius 1 is 0.873 bits per heavy atom. The number of nitrogens with one attached hydrogen (secondary N) is 2. The van der Waals surface area contributed by atoms with Crippen molar-refractivity contribution in [2.75, 3.05) is 85.6 Å². The molecule has 0 bridgehead atoms. The number of aromatic amines is 1. The summed E-state index contributed by atoms with van der Waals surface area (Å²) in [5.74, 6) is 0.533. The Kier molecular flexibility index (Phi) is 12.5. The molecule has 5 aliphatic rings. The molecule has 12 nitrogen and oxygen atoms in total. The van der Waals surface area contributed by atoms with Crippen LogP contribution in [0.1, 0.15) is 64.0 Å². The number of rotatable bonds is 10. The highest BCUT2D eigenvalue weighted by Crippen LogP contribution is 2.38. The number of hydrogen-bond acceptors (Lipinski definition) is 8. The zero-order chi connectivity index (χ0) is 38.5. The van der Waals surface area contributed by atoms with Crippen molar-refractivity contribution in [3.63, 3.8) is 0 Å². The van der Waals surface area contributed by atoms with Gasteiger partial charge in [0, 0.05) is 70.7 Å². The van der Waals surface area contributed by atoms with Crippen LogP contribution in [0.5, 0.6) is 0 Å². The smallest absolute Gasteiger partial charge is 0.272 e. The number of carbonyl (C=O) groups is 3. The van der Waals surface area contributed by atoms with Gasteiger partial charge in [0.2, 0.25) is 11.8 Å². The SMILES string of the molecule is CN[C@@H](C(=O)N1CCN(CC2CCN(CC(=O)N3CCN(C(=O)C4=CC(C)(Cc5n[nH]c(=O)c6ccccc56)CC=C4F)CC3)CC2)CC1)C1CCCCC1. The number of piperazine rings is 2. The third-order valence-corrected chi connectivity index (χ3v) is 13.0. The molecule has 1 saturated carbocycles. The Morgan fingerprint density at radius 3 is 2.22 bits per heavy atom. The molecule has 2 aromatic rings. The van der Waals surface area contributed by atoms with E-state index in [-0.39, 0.29) is 34.9 Å². The Hall–Kier alpha value is -3.94. The molecular weight excluding hydrogens is 700 g/mol. The highest BCUT2D eigenvalue weighted by atomic mass is 19.1. The first-order valence-corrected chi connectivity index (χ1v) is 20.6. The van der Waals surface area contributed by atoms with Crippen LogP contribution in [0.15, 0.2) is 52.6 Å². The molecule has 0 radical (unpaired) electrons. The number of benzene rings is 1. The van der Waals surface area contributed by atoms with Crippen molar-refractivity contribution >= 4 is 28.5 Å². The highest BCUT2D eigenvalue weighted by Gasteiger charge is 2.36. The summed E-state index contributed by atoms with van der Waals surface area (Å²) in [7, 11) is 1.93. The predicted molar refractivity (Wildman–Crippen MR) is 211 cm³/mol. The number of piperidine rings is 1. The lowest BCUT2D eigenvalue weighted by Crippen LogP contribution is -2.56. The molecule has 2 atom stereocenters. The molecule has 4 fully saturated rings. The van der Waals surface area contributed by atoms with Crippen LogP contribution in [0.3, 0.4) is 0 Å². The Labute approximate surface area is 324 Å².